The highest BCUT2D eigenvalue weighted by molar-refractivity contribution is 5.81. The van der Waals surface area contributed by atoms with Gasteiger partial charge < -0.3 is 14.2 Å². The Morgan fingerprint density at radius 1 is 0.862 bits per heavy atom. The normalized spacial score (nSPS) is 12.6. The van der Waals surface area contributed by atoms with Crippen LogP contribution in [0.4, 0.5) is 0 Å². The summed E-state index contributed by atoms with van der Waals surface area (Å²) in [5, 5.41) is 11.1. The molecule has 5 aromatic rings. The zero-order chi connectivity index (χ0) is 19.8. The zero-order valence-electron chi connectivity index (χ0n) is 16.4. The molecule has 0 saturated heterocycles. The van der Waals surface area contributed by atoms with Crippen LogP contribution in [0.25, 0.3) is 16.6 Å². The van der Waals surface area contributed by atoms with E-state index in [0.717, 1.165) is 39.9 Å². The molecule has 1 N–H and O–H groups in total. The lowest BCUT2D eigenvalue weighted by Crippen LogP contribution is -2.00. The van der Waals surface area contributed by atoms with E-state index in [0.29, 0.717) is 6.61 Å². The smallest absolute Gasteiger partial charge is 0.119 e. The molecule has 0 saturated carbocycles. The predicted molar refractivity (Wildman–Crippen MR) is 117 cm³/mol. The molecule has 3 aromatic heterocycles. The number of ether oxygens (including phenoxy) is 1. The van der Waals surface area contributed by atoms with Crippen molar-refractivity contribution in [2.24, 2.45) is 0 Å². The highest BCUT2D eigenvalue weighted by Gasteiger charge is 2.19. The molecule has 3 nitrogen and oxygen atoms in total. The number of nitrogens with zero attached hydrogens (tertiary/aromatic N) is 1. The van der Waals surface area contributed by atoms with Crippen LogP contribution in [0.2, 0.25) is 0 Å². The van der Waals surface area contributed by atoms with E-state index < -0.39 is 6.10 Å². The Hall–Kier alpha value is -3.30. The number of aliphatic hydroxyl groups excluding tert-OH is 1. The largest absolute Gasteiger partial charge is 0.489 e. The van der Waals surface area contributed by atoms with Crippen LogP contribution in [-0.4, -0.2) is 9.51 Å². The maximum atomic E-state index is 11.1. The van der Waals surface area contributed by atoms with E-state index >= 15 is 0 Å². The Morgan fingerprint density at radius 3 is 2.38 bits per heavy atom. The summed E-state index contributed by atoms with van der Waals surface area (Å²) in [5.74, 6) is 0.797. The van der Waals surface area contributed by atoms with Crippen LogP contribution in [0.5, 0.6) is 5.75 Å². The third kappa shape index (κ3) is 3.14. The summed E-state index contributed by atoms with van der Waals surface area (Å²) in [6.07, 6.45) is 0.331. The van der Waals surface area contributed by atoms with Gasteiger partial charge in [0.25, 0.3) is 0 Å². The molecule has 144 valence electrons. The minimum absolute atomic E-state index is 0.533. The van der Waals surface area contributed by atoms with Gasteiger partial charge in [-0.25, -0.2) is 0 Å². The predicted octanol–water partition coefficient (Wildman–Crippen LogP) is 5.75. The lowest BCUT2D eigenvalue weighted by atomic mass is 10.0. The Bertz CT molecular complexity index is 1240. The molecule has 1 unspecified atom stereocenters. The van der Waals surface area contributed by atoms with Gasteiger partial charge in [-0.15, -0.1) is 0 Å². The summed E-state index contributed by atoms with van der Waals surface area (Å²) in [6, 6.07) is 28.5. The van der Waals surface area contributed by atoms with Gasteiger partial charge in [-0.05, 0) is 59.5 Å². The van der Waals surface area contributed by atoms with Crippen molar-refractivity contribution in [1.82, 2.24) is 4.40 Å². The number of hydrogen-bond acceptors (Lipinski definition) is 2. The first kappa shape index (κ1) is 17.8. The first-order valence-corrected chi connectivity index (χ1v) is 10.0. The quantitative estimate of drug-likeness (QED) is 0.406. The summed E-state index contributed by atoms with van der Waals surface area (Å²) in [7, 11) is 0. The molecule has 0 radical (unpaired) electrons. The summed E-state index contributed by atoms with van der Waals surface area (Å²) >= 11 is 0. The second-order valence-electron chi connectivity index (χ2n) is 7.43. The SMILES string of the molecule is CCc1cc2cc(C(O)c3ccc(OCc4ccccc4)cc3)c3cccc1n23. The molecule has 29 heavy (non-hydrogen) atoms. The van der Waals surface area contributed by atoms with Crippen LogP contribution >= 0.6 is 0 Å². The fourth-order valence-corrected chi connectivity index (χ4v) is 4.09. The molecule has 2 aromatic carbocycles. The molecule has 1 atom stereocenters. The number of rotatable bonds is 6. The van der Waals surface area contributed by atoms with E-state index in [1.165, 1.54) is 11.1 Å². The highest BCUT2D eigenvalue weighted by atomic mass is 16.5. The number of aromatic nitrogens is 1. The Balaban J connectivity index is 1.40. The van der Waals surface area contributed by atoms with E-state index in [1.807, 2.05) is 54.6 Å². The minimum Gasteiger partial charge on any atom is -0.489 e. The molecule has 0 fully saturated rings. The first-order valence-electron chi connectivity index (χ1n) is 10.0. The average molecular weight is 381 g/mol. The van der Waals surface area contributed by atoms with Crippen molar-refractivity contribution in [3.63, 3.8) is 0 Å². The Morgan fingerprint density at radius 2 is 1.62 bits per heavy atom. The second-order valence-corrected chi connectivity index (χ2v) is 7.43. The van der Waals surface area contributed by atoms with Crippen LogP contribution in [0.15, 0.2) is 84.9 Å². The molecule has 0 amide bonds. The molecule has 3 heterocycles. The minimum atomic E-state index is -0.672. The Kier molecular flexibility index (Phi) is 4.45. The van der Waals surface area contributed by atoms with Crippen LogP contribution in [-0.2, 0) is 13.0 Å². The maximum Gasteiger partial charge on any atom is 0.119 e. The van der Waals surface area contributed by atoms with Crippen LogP contribution in [0.3, 0.4) is 0 Å². The maximum absolute atomic E-state index is 11.1. The standard InChI is InChI=1S/C26H23NO2/c1-2-19-15-21-16-23(25-10-6-9-24(19)27(21)25)26(28)20-11-13-22(14-12-20)29-17-18-7-4-3-5-8-18/h3-16,26,28H,2,17H2,1H3. The lowest BCUT2D eigenvalue weighted by Gasteiger charge is -2.12. The van der Waals surface area contributed by atoms with Crippen LogP contribution in [0, 0.1) is 0 Å². The molecule has 0 aliphatic heterocycles. The van der Waals surface area contributed by atoms with Crippen molar-refractivity contribution in [2.45, 2.75) is 26.1 Å². The summed E-state index contributed by atoms with van der Waals surface area (Å²) in [6.45, 7) is 2.71. The molecule has 0 spiro atoms. The highest BCUT2D eigenvalue weighted by Crippen LogP contribution is 2.33. The number of pyridine rings is 1. The topological polar surface area (TPSA) is 33.9 Å². The average Bonchev–Trinajstić information content (AvgIpc) is 3.33. The van der Waals surface area contributed by atoms with Gasteiger partial charge in [0.15, 0.2) is 0 Å². The number of aliphatic hydroxyl groups is 1. The van der Waals surface area contributed by atoms with Gasteiger partial charge in [0.05, 0.1) is 5.52 Å². The van der Waals surface area contributed by atoms with Crippen molar-refractivity contribution in [3.8, 4) is 5.75 Å². The van der Waals surface area contributed by atoms with Gasteiger partial charge in [0.2, 0.25) is 0 Å². The van der Waals surface area contributed by atoms with Crippen molar-refractivity contribution < 1.29 is 9.84 Å². The molecule has 5 rings (SSSR count). The van der Waals surface area contributed by atoms with E-state index in [9.17, 15) is 5.11 Å². The number of hydrogen-bond donors (Lipinski definition) is 1. The van der Waals surface area contributed by atoms with Gasteiger partial charge in [-0.3, -0.25) is 0 Å². The monoisotopic (exact) mass is 381 g/mol. The lowest BCUT2D eigenvalue weighted by molar-refractivity contribution is 0.221. The number of aryl methyl sites for hydroxylation is 1. The van der Waals surface area contributed by atoms with E-state index in [4.69, 9.17) is 4.74 Å². The Labute approximate surface area is 170 Å². The fraction of sp³-hybridized carbons (Fsp3) is 0.154. The zero-order valence-corrected chi connectivity index (χ0v) is 16.4. The van der Waals surface area contributed by atoms with Gasteiger partial charge in [0, 0.05) is 16.6 Å². The van der Waals surface area contributed by atoms with Crippen LogP contribution < -0.4 is 4.74 Å². The van der Waals surface area contributed by atoms with E-state index in [1.54, 1.807) is 0 Å². The molecular weight excluding hydrogens is 358 g/mol. The van der Waals surface area contributed by atoms with Gasteiger partial charge >= 0.3 is 0 Å². The van der Waals surface area contributed by atoms with Gasteiger partial charge in [0.1, 0.15) is 18.5 Å². The van der Waals surface area contributed by atoms with E-state index in [2.05, 4.69) is 41.7 Å². The summed E-state index contributed by atoms with van der Waals surface area (Å²) < 4.78 is 8.11. The summed E-state index contributed by atoms with van der Waals surface area (Å²) in [4.78, 5) is 0. The third-order valence-corrected chi connectivity index (χ3v) is 5.62. The van der Waals surface area contributed by atoms with Crippen LogP contribution in [0.1, 0.15) is 35.3 Å². The van der Waals surface area contributed by atoms with Gasteiger partial charge in [-0.2, -0.15) is 0 Å². The van der Waals surface area contributed by atoms with Crippen molar-refractivity contribution in [1.29, 1.82) is 0 Å². The first-order chi connectivity index (χ1) is 14.2. The molecule has 0 aliphatic rings. The summed E-state index contributed by atoms with van der Waals surface area (Å²) in [5.41, 5.74) is 7.70. The van der Waals surface area contributed by atoms with Crippen molar-refractivity contribution in [3.05, 3.63) is 107 Å². The molecule has 0 aliphatic carbocycles. The molecule has 3 heteroatoms. The van der Waals surface area contributed by atoms with E-state index in [-0.39, 0.29) is 0 Å². The molecule has 0 bridgehead atoms. The van der Waals surface area contributed by atoms with Crippen molar-refractivity contribution in [2.75, 3.05) is 0 Å². The second kappa shape index (κ2) is 7.26. The fourth-order valence-electron chi connectivity index (χ4n) is 4.09. The number of benzene rings is 2. The molecular formula is C26H23NO2. The third-order valence-electron chi connectivity index (χ3n) is 5.62. The van der Waals surface area contributed by atoms with Gasteiger partial charge in [-0.1, -0.05) is 55.5 Å². The van der Waals surface area contributed by atoms with Crippen molar-refractivity contribution >= 4 is 16.6 Å².